The van der Waals surface area contributed by atoms with E-state index in [9.17, 15) is 18.0 Å². The molecule has 2 aromatic rings. The lowest BCUT2D eigenvalue weighted by molar-refractivity contribution is -0.136. The number of ether oxygens (including phenoxy) is 3. The van der Waals surface area contributed by atoms with Crippen LogP contribution in [0.1, 0.15) is 24.5 Å². The molecular formula is C24H26ClF3N2O4. The van der Waals surface area contributed by atoms with E-state index in [2.05, 4.69) is 5.32 Å². The predicted octanol–water partition coefficient (Wildman–Crippen LogP) is 5.64. The third kappa shape index (κ3) is 6.57. The van der Waals surface area contributed by atoms with Crippen molar-refractivity contribution in [3.05, 3.63) is 52.6 Å². The number of methoxy groups -OCH3 is 1. The minimum Gasteiger partial charge on any atom is -0.493 e. The highest BCUT2D eigenvalue weighted by atomic mass is 35.5. The molecule has 1 N–H and O–H groups in total. The summed E-state index contributed by atoms with van der Waals surface area (Å²) in [5.74, 6) is 0.0629. The molecule has 1 aliphatic rings. The Balaban J connectivity index is 1.78. The van der Waals surface area contributed by atoms with Gasteiger partial charge in [0.25, 0.3) is 0 Å². The van der Waals surface area contributed by atoms with Crippen LogP contribution in [-0.4, -0.2) is 45.9 Å². The summed E-state index contributed by atoms with van der Waals surface area (Å²) < 4.78 is 57.2. The summed E-state index contributed by atoms with van der Waals surface area (Å²) in [6.07, 6.45) is -1.28. The van der Waals surface area contributed by atoms with Gasteiger partial charge in [-0.25, -0.2) is 0 Å². The maximum absolute atomic E-state index is 13.7. The molecule has 2 aromatic carbocycles. The number of carbonyl (C=O) groups is 1. The van der Waals surface area contributed by atoms with E-state index in [0.717, 1.165) is 18.6 Å². The van der Waals surface area contributed by atoms with Crippen molar-refractivity contribution in [1.82, 2.24) is 0 Å². The van der Waals surface area contributed by atoms with Gasteiger partial charge >= 0.3 is 6.18 Å². The first-order valence-corrected chi connectivity index (χ1v) is 11.1. The lowest BCUT2D eigenvalue weighted by Crippen LogP contribution is -2.36. The number of nitrogens with zero attached hydrogens (tertiary/aromatic N) is 1. The molecule has 1 heterocycles. The number of nitrogens with one attached hydrogen (secondary N) is 1. The minimum atomic E-state index is -4.64. The van der Waals surface area contributed by atoms with Crippen molar-refractivity contribution >= 4 is 35.0 Å². The molecule has 184 valence electrons. The average molecular weight is 499 g/mol. The largest absolute Gasteiger partial charge is 0.493 e. The number of morpholine rings is 1. The summed E-state index contributed by atoms with van der Waals surface area (Å²) >= 11 is 6.27. The zero-order valence-corrected chi connectivity index (χ0v) is 19.6. The Hall–Kier alpha value is -2.91. The number of anilines is 2. The Morgan fingerprint density at radius 1 is 1.24 bits per heavy atom. The molecular weight excluding hydrogens is 473 g/mol. The van der Waals surface area contributed by atoms with Crippen LogP contribution in [0, 0.1) is 0 Å². The number of rotatable bonds is 8. The predicted molar refractivity (Wildman–Crippen MR) is 126 cm³/mol. The molecule has 10 heteroatoms. The fourth-order valence-corrected chi connectivity index (χ4v) is 3.69. The van der Waals surface area contributed by atoms with Gasteiger partial charge < -0.3 is 24.4 Å². The van der Waals surface area contributed by atoms with Gasteiger partial charge in [-0.15, -0.1) is 0 Å². The molecule has 0 bridgehead atoms. The summed E-state index contributed by atoms with van der Waals surface area (Å²) in [6, 6.07) is 7.07. The van der Waals surface area contributed by atoms with Gasteiger partial charge in [0.15, 0.2) is 11.5 Å². The van der Waals surface area contributed by atoms with E-state index in [1.54, 1.807) is 18.2 Å². The molecule has 1 amide bonds. The van der Waals surface area contributed by atoms with Crippen molar-refractivity contribution in [3.63, 3.8) is 0 Å². The van der Waals surface area contributed by atoms with Crippen LogP contribution in [0.4, 0.5) is 24.5 Å². The Morgan fingerprint density at radius 3 is 2.62 bits per heavy atom. The van der Waals surface area contributed by atoms with Gasteiger partial charge in [-0.05, 0) is 48.4 Å². The number of carbonyl (C=O) groups excluding carboxylic acids is 1. The number of halogens is 4. The summed E-state index contributed by atoms with van der Waals surface area (Å²) in [4.78, 5) is 14.2. The lowest BCUT2D eigenvalue weighted by atomic mass is 10.1. The van der Waals surface area contributed by atoms with E-state index in [-0.39, 0.29) is 5.69 Å². The zero-order valence-electron chi connectivity index (χ0n) is 18.9. The van der Waals surface area contributed by atoms with Crippen LogP contribution in [0.25, 0.3) is 6.08 Å². The van der Waals surface area contributed by atoms with Crippen LogP contribution in [0.3, 0.4) is 0 Å². The van der Waals surface area contributed by atoms with Crippen LogP contribution >= 0.6 is 11.6 Å². The molecule has 34 heavy (non-hydrogen) atoms. The Labute approximate surface area is 201 Å². The van der Waals surface area contributed by atoms with Gasteiger partial charge in [0, 0.05) is 24.9 Å². The molecule has 0 radical (unpaired) electrons. The third-order valence-corrected chi connectivity index (χ3v) is 5.35. The number of alkyl halides is 3. The Kier molecular flexibility index (Phi) is 8.68. The molecule has 0 saturated carbocycles. The van der Waals surface area contributed by atoms with Crippen molar-refractivity contribution < 1.29 is 32.2 Å². The summed E-state index contributed by atoms with van der Waals surface area (Å²) in [5.41, 5.74) is -0.283. The number of hydrogen-bond acceptors (Lipinski definition) is 5. The van der Waals surface area contributed by atoms with Crippen molar-refractivity contribution in [2.24, 2.45) is 0 Å². The topological polar surface area (TPSA) is 60.0 Å². The lowest BCUT2D eigenvalue weighted by Gasteiger charge is -2.29. The quantitative estimate of drug-likeness (QED) is 0.477. The second kappa shape index (κ2) is 11.5. The van der Waals surface area contributed by atoms with Crippen LogP contribution < -0.4 is 19.7 Å². The average Bonchev–Trinajstić information content (AvgIpc) is 2.82. The Bertz CT molecular complexity index is 1040. The highest BCUT2D eigenvalue weighted by Crippen LogP contribution is 2.38. The summed E-state index contributed by atoms with van der Waals surface area (Å²) in [5, 5.41) is 2.62. The first-order valence-electron chi connectivity index (χ1n) is 10.8. The van der Waals surface area contributed by atoms with E-state index < -0.39 is 17.6 Å². The van der Waals surface area contributed by atoms with Crippen molar-refractivity contribution in [1.29, 1.82) is 0 Å². The molecule has 0 aromatic heterocycles. The highest BCUT2D eigenvalue weighted by molar-refractivity contribution is 6.32. The molecule has 0 atom stereocenters. The second-order valence-electron chi connectivity index (χ2n) is 7.53. The number of benzene rings is 2. The van der Waals surface area contributed by atoms with Gasteiger partial charge in [0.1, 0.15) is 0 Å². The minimum absolute atomic E-state index is 0.297. The van der Waals surface area contributed by atoms with Gasteiger partial charge in [-0.1, -0.05) is 18.5 Å². The van der Waals surface area contributed by atoms with Gasteiger partial charge in [-0.2, -0.15) is 13.2 Å². The highest BCUT2D eigenvalue weighted by Gasteiger charge is 2.34. The number of amides is 1. The van der Waals surface area contributed by atoms with Crippen molar-refractivity contribution in [2.75, 3.05) is 50.2 Å². The summed E-state index contributed by atoms with van der Waals surface area (Å²) in [7, 11) is 1.46. The van der Waals surface area contributed by atoms with Crippen molar-refractivity contribution in [3.8, 4) is 11.5 Å². The van der Waals surface area contributed by atoms with E-state index in [1.165, 1.54) is 19.3 Å². The van der Waals surface area contributed by atoms with E-state index in [0.29, 0.717) is 60.7 Å². The third-order valence-electron chi connectivity index (χ3n) is 5.07. The molecule has 0 unspecified atom stereocenters. The Morgan fingerprint density at radius 2 is 1.97 bits per heavy atom. The van der Waals surface area contributed by atoms with Crippen LogP contribution in [0.5, 0.6) is 11.5 Å². The zero-order chi connectivity index (χ0) is 24.7. The molecule has 0 aliphatic carbocycles. The molecule has 1 saturated heterocycles. The first kappa shape index (κ1) is 25.7. The first-order chi connectivity index (χ1) is 16.2. The molecule has 1 fully saturated rings. The fraction of sp³-hybridized carbons (Fsp3) is 0.375. The molecule has 3 rings (SSSR count). The van der Waals surface area contributed by atoms with Gasteiger partial charge in [0.2, 0.25) is 5.91 Å². The van der Waals surface area contributed by atoms with E-state index in [1.807, 2.05) is 11.8 Å². The van der Waals surface area contributed by atoms with Crippen LogP contribution in [0.2, 0.25) is 5.02 Å². The standard InChI is InChI=1S/C24H26ClF3N2O4/c1-3-10-34-23-19(25)13-16(14-21(23)32-2)4-7-22(31)29-20-6-5-17(15-18(20)24(26,27)28)30-8-11-33-12-9-30/h4-7,13-15H,3,8-12H2,1-2H3,(H,29,31)/b7-4+. The van der Waals surface area contributed by atoms with Crippen molar-refractivity contribution in [2.45, 2.75) is 19.5 Å². The van der Waals surface area contributed by atoms with Gasteiger partial charge in [0.05, 0.1) is 43.2 Å². The smallest absolute Gasteiger partial charge is 0.418 e. The maximum Gasteiger partial charge on any atom is 0.418 e. The normalized spacial score (nSPS) is 14.4. The van der Waals surface area contributed by atoms with Gasteiger partial charge in [-0.3, -0.25) is 4.79 Å². The SMILES string of the molecule is CCCOc1c(Cl)cc(/C=C/C(=O)Nc2ccc(N3CCOCC3)cc2C(F)(F)F)cc1OC. The van der Waals surface area contributed by atoms with E-state index in [4.69, 9.17) is 25.8 Å². The molecule has 6 nitrogen and oxygen atoms in total. The summed E-state index contributed by atoms with van der Waals surface area (Å²) in [6.45, 7) is 4.31. The van der Waals surface area contributed by atoms with Crippen LogP contribution in [-0.2, 0) is 15.7 Å². The van der Waals surface area contributed by atoms with E-state index >= 15 is 0 Å². The molecule has 0 spiro atoms. The monoisotopic (exact) mass is 498 g/mol. The van der Waals surface area contributed by atoms with Crippen LogP contribution in [0.15, 0.2) is 36.4 Å². The number of hydrogen-bond donors (Lipinski definition) is 1. The second-order valence-corrected chi connectivity index (χ2v) is 7.94. The molecule has 1 aliphatic heterocycles. The maximum atomic E-state index is 13.7. The fourth-order valence-electron chi connectivity index (χ4n) is 3.42.